The molecular formula is C14H24N2O3S. The molecule has 0 radical (unpaired) electrons. The standard InChI is InChI=1S/C14H24N2O3S/c1-4-6-7-8-9-16-13-11(18-3)10(15)12(20-13)14(17)19-5-2/h16H,4-9,15H2,1-3H3. The second-order valence-corrected chi connectivity index (χ2v) is 5.44. The molecule has 0 fully saturated rings. The van der Waals surface area contributed by atoms with Gasteiger partial charge in [0.15, 0.2) is 5.75 Å². The molecule has 1 aromatic rings. The summed E-state index contributed by atoms with van der Waals surface area (Å²) in [5.74, 6) is 0.140. The van der Waals surface area contributed by atoms with Crippen LogP contribution in [0.4, 0.5) is 10.7 Å². The lowest BCUT2D eigenvalue weighted by Gasteiger charge is -2.06. The van der Waals surface area contributed by atoms with E-state index in [2.05, 4.69) is 12.2 Å². The highest BCUT2D eigenvalue weighted by Crippen LogP contribution is 2.42. The van der Waals surface area contributed by atoms with Crippen LogP contribution in [0.15, 0.2) is 0 Å². The molecule has 114 valence electrons. The summed E-state index contributed by atoms with van der Waals surface area (Å²) in [6.45, 7) is 5.13. The van der Waals surface area contributed by atoms with Gasteiger partial charge in [0, 0.05) is 6.54 Å². The van der Waals surface area contributed by atoms with Crippen LogP contribution in [0.1, 0.15) is 49.2 Å². The molecule has 6 heteroatoms. The Hall–Kier alpha value is -1.43. The summed E-state index contributed by atoms with van der Waals surface area (Å²) in [4.78, 5) is 12.2. The minimum Gasteiger partial charge on any atom is -0.492 e. The quantitative estimate of drug-likeness (QED) is 0.539. The van der Waals surface area contributed by atoms with Gasteiger partial charge in [-0.3, -0.25) is 0 Å². The number of anilines is 2. The molecule has 0 saturated heterocycles. The van der Waals surface area contributed by atoms with Crippen molar-refractivity contribution in [2.24, 2.45) is 0 Å². The number of methoxy groups -OCH3 is 1. The molecule has 20 heavy (non-hydrogen) atoms. The maximum Gasteiger partial charge on any atom is 0.350 e. The number of hydrogen-bond donors (Lipinski definition) is 2. The molecule has 0 unspecified atom stereocenters. The molecule has 0 atom stereocenters. The highest BCUT2D eigenvalue weighted by molar-refractivity contribution is 7.19. The van der Waals surface area contributed by atoms with E-state index in [1.165, 1.54) is 30.6 Å². The van der Waals surface area contributed by atoms with Gasteiger partial charge in [-0.05, 0) is 13.3 Å². The molecule has 0 aliphatic heterocycles. The summed E-state index contributed by atoms with van der Waals surface area (Å²) in [5, 5.41) is 4.08. The normalized spacial score (nSPS) is 10.3. The molecule has 0 spiro atoms. The number of carbonyl (C=O) groups excluding carboxylic acids is 1. The number of thiophene rings is 1. The number of nitrogen functional groups attached to an aromatic ring is 1. The zero-order valence-electron chi connectivity index (χ0n) is 12.5. The van der Waals surface area contributed by atoms with Crippen LogP contribution in [0.3, 0.4) is 0 Å². The van der Waals surface area contributed by atoms with Gasteiger partial charge in [0.25, 0.3) is 0 Å². The summed E-state index contributed by atoms with van der Waals surface area (Å²) in [5.41, 5.74) is 6.30. The number of ether oxygens (including phenoxy) is 2. The smallest absolute Gasteiger partial charge is 0.350 e. The largest absolute Gasteiger partial charge is 0.492 e. The second-order valence-electron chi connectivity index (χ2n) is 4.42. The van der Waals surface area contributed by atoms with Crippen molar-refractivity contribution in [2.75, 3.05) is 31.3 Å². The van der Waals surface area contributed by atoms with Crippen LogP contribution < -0.4 is 15.8 Å². The lowest BCUT2D eigenvalue weighted by atomic mass is 10.2. The van der Waals surface area contributed by atoms with Crippen LogP contribution in [0.5, 0.6) is 5.75 Å². The van der Waals surface area contributed by atoms with Crippen molar-refractivity contribution in [3.05, 3.63) is 4.88 Å². The molecule has 0 aromatic carbocycles. The van der Waals surface area contributed by atoms with Crippen LogP contribution in [0, 0.1) is 0 Å². The third-order valence-electron chi connectivity index (χ3n) is 2.88. The number of hydrogen-bond acceptors (Lipinski definition) is 6. The number of carbonyl (C=O) groups is 1. The van der Waals surface area contributed by atoms with Gasteiger partial charge in [0.05, 0.1) is 13.7 Å². The molecule has 3 N–H and O–H groups in total. The Bertz CT molecular complexity index is 432. The van der Waals surface area contributed by atoms with Crippen molar-refractivity contribution in [1.29, 1.82) is 0 Å². The Balaban J connectivity index is 2.70. The fourth-order valence-corrected chi connectivity index (χ4v) is 2.86. The first kappa shape index (κ1) is 16.6. The van der Waals surface area contributed by atoms with Gasteiger partial charge in [-0.1, -0.05) is 26.2 Å². The summed E-state index contributed by atoms with van der Waals surface area (Å²) in [6.07, 6.45) is 4.72. The van der Waals surface area contributed by atoms with Gasteiger partial charge in [-0.2, -0.15) is 0 Å². The van der Waals surface area contributed by atoms with Crippen molar-refractivity contribution in [3.8, 4) is 5.75 Å². The summed E-state index contributed by atoms with van der Waals surface area (Å²) >= 11 is 1.29. The predicted octanol–water partition coefficient (Wildman–Crippen LogP) is 3.51. The van der Waals surface area contributed by atoms with Gasteiger partial charge >= 0.3 is 5.97 Å². The van der Waals surface area contributed by atoms with E-state index in [-0.39, 0.29) is 0 Å². The van der Waals surface area contributed by atoms with Crippen molar-refractivity contribution in [3.63, 3.8) is 0 Å². The minimum absolute atomic E-state index is 0.332. The molecule has 1 aromatic heterocycles. The fraction of sp³-hybridized carbons (Fsp3) is 0.643. The maximum absolute atomic E-state index is 11.8. The van der Waals surface area contributed by atoms with Gasteiger partial charge in [-0.15, -0.1) is 11.3 Å². The zero-order valence-corrected chi connectivity index (χ0v) is 13.3. The zero-order chi connectivity index (χ0) is 15.0. The van der Waals surface area contributed by atoms with E-state index in [0.717, 1.165) is 18.0 Å². The average Bonchev–Trinajstić information content (AvgIpc) is 2.75. The lowest BCUT2D eigenvalue weighted by Crippen LogP contribution is -2.05. The number of unbranched alkanes of at least 4 members (excludes halogenated alkanes) is 3. The molecule has 1 heterocycles. The third-order valence-corrected chi connectivity index (χ3v) is 4.01. The Labute approximate surface area is 124 Å². The number of nitrogens with two attached hydrogens (primary N) is 1. The molecule has 0 bridgehead atoms. The Morgan fingerprint density at radius 1 is 1.30 bits per heavy atom. The van der Waals surface area contributed by atoms with Gasteiger partial charge in [-0.25, -0.2) is 4.79 Å². The maximum atomic E-state index is 11.8. The van der Waals surface area contributed by atoms with E-state index in [0.29, 0.717) is 22.9 Å². The summed E-state index contributed by atoms with van der Waals surface area (Å²) < 4.78 is 10.3. The molecular weight excluding hydrogens is 276 g/mol. The average molecular weight is 300 g/mol. The number of esters is 1. The molecule has 0 aliphatic carbocycles. The van der Waals surface area contributed by atoms with Crippen LogP contribution in [-0.2, 0) is 4.74 Å². The Kier molecular flexibility index (Phi) is 7.22. The van der Waals surface area contributed by atoms with Crippen molar-refractivity contribution in [1.82, 2.24) is 0 Å². The first-order valence-corrected chi connectivity index (χ1v) is 7.84. The fourth-order valence-electron chi connectivity index (χ4n) is 1.85. The lowest BCUT2D eigenvalue weighted by molar-refractivity contribution is 0.0533. The second kappa shape index (κ2) is 8.68. The van der Waals surface area contributed by atoms with E-state index < -0.39 is 5.97 Å². The van der Waals surface area contributed by atoms with Gasteiger partial charge < -0.3 is 20.5 Å². The highest BCUT2D eigenvalue weighted by Gasteiger charge is 2.22. The molecule has 0 saturated carbocycles. The van der Waals surface area contributed by atoms with Crippen LogP contribution in [-0.4, -0.2) is 26.2 Å². The van der Waals surface area contributed by atoms with E-state index in [1.807, 2.05) is 0 Å². The highest BCUT2D eigenvalue weighted by atomic mass is 32.1. The molecule has 5 nitrogen and oxygen atoms in total. The van der Waals surface area contributed by atoms with Crippen molar-refractivity contribution < 1.29 is 14.3 Å². The van der Waals surface area contributed by atoms with Crippen LogP contribution in [0.2, 0.25) is 0 Å². The number of nitrogens with one attached hydrogen (secondary N) is 1. The van der Waals surface area contributed by atoms with E-state index in [1.54, 1.807) is 14.0 Å². The first-order chi connectivity index (χ1) is 9.65. The van der Waals surface area contributed by atoms with Gasteiger partial charge in [0.2, 0.25) is 0 Å². The third kappa shape index (κ3) is 4.30. The predicted molar refractivity (Wildman–Crippen MR) is 83.9 cm³/mol. The van der Waals surface area contributed by atoms with E-state index in [4.69, 9.17) is 15.2 Å². The Morgan fingerprint density at radius 2 is 2.05 bits per heavy atom. The van der Waals surface area contributed by atoms with Crippen molar-refractivity contribution in [2.45, 2.75) is 39.5 Å². The summed E-state index contributed by atoms with van der Waals surface area (Å²) in [7, 11) is 1.55. The monoisotopic (exact) mass is 300 g/mol. The SMILES string of the molecule is CCCCCCNc1sc(C(=O)OCC)c(N)c1OC. The number of rotatable bonds is 9. The minimum atomic E-state index is -0.396. The van der Waals surface area contributed by atoms with E-state index in [9.17, 15) is 4.79 Å². The summed E-state index contributed by atoms with van der Waals surface area (Å²) in [6, 6.07) is 0. The Morgan fingerprint density at radius 3 is 2.65 bits per heavy atom. The topological polar surface area (TPSA) is 73.6 Å². The van der Waals surface area contributed by atoms with E-state index >= 15 is 0 Å². The van der Waals surface area contributed by atoms with Crippen LogP contribution in [0.25, 0.3) is 0 Å². The van der Waals surface area contributed by atoms with Crippen molar-refractivity contribution >= 4 is 28.0 Å². The molecule has 1 rings (SSSR count). The molecule has 0 aliphatic rings. The molecule has 0 amide bonds. The van der Waals surface area contributed by atoms with Gasteiger partial charge in [0.1, 0.15) is 15.6 Å². The van der Waals surface area contributed by atoms with Crippen LogP contribution >= 0.6 is 11.3 Å². The first-order valence-electron chi connectivity index (χ1n) is 7.02.